The third kappa shape index (κ3) is 3.96. The summed E-state index contributed by atoms with van der Waals surface area (Å²) < 4.78 is 2.39. The molecule has 0 bridgehead atoms. The van der Waals surface area contributed by atoms with Crippen molar-refractivity contribution in [2.24, 2.45) is 0 Å². The molecule has 0 spiro atoms. The number of benzene rings is 3. The van der Waals surface area contributed by atoms with E-state index < -0.39 is 0 Å². The fourth-order valence-electron chi connectivity index (χ4n) is 4.84. The zero-order chi connectivity index (χ0) is 21.2. The van der Waals surface area contributed by atoms with Gasteiger partial charge in [-0.2, -0.15) is 0 Å². The third-order valence-electron chi connectivity index (χ3n) is 6.48. The highest BCUT2D eigenvalue weighted by Gasteiger charge is 2.21. The van der Waals surface area contributed by atoms with Gasteiger partial charge in [-0.3, -0.25) is 9.69 Å². The van der Waals surface area contributed by atoms with Gasteiger partial charge in [0.1, 0.15) is 0 Å². The molecule has 5 rings (SSSR count). The van der Waals surface area contributed by atoms with Gasteiger partial charge in [0, 0.05) is 61.1 Å². The molecule has 0 aliphatic carbocycles. The molecule has 4 heteroatoms. The summed E-state index contributed by atoms with van der Waals surface area (Å²) in [4.78, 5) is 17.1. The number of amides is 1. The average molecular weight is 412 g/mol. The quantitative estimate of drug-likeness (QED) is 0.476. The summed E-state index contributed by atoms with van der Waals surface area (Å²) in [6.07, 6.45) is 0.499. The van der Waals surface area contributed by atoms with Crippen LogP contribution in [0.1, 0.15) is 18.1 Å². The normalized spacial score (nSPS) is 15.1. The van der Waals surface area contributed by atoms with Crippen LogP contribution in [-0.4, -0.2) is 46.5 Å². The highest BCUT2D eigenvalue weighted by atomic mass is 16.2. The number of aromatic nitrogens is 1. The fourth-order valence-corrected chi connectivity index (χ4v) is 4.84. The van der Waals surface area contributed by atoms with E-state index in [0.717, 1.165) is 44.8 Å². The van der Waals surface area contributed by atoms with E-state index in [2.05, 4.69) is 58.9 Å². The summed E-state index contributed by atoms with van der Waals surface area (Å²) in [6, 6.07) is 25.6. The Kier molecular flexibility index (Phi) is 5.47. The molecule has 1 fully saturated rings. The van der Waals surface area contributed by atoms with Gasteiger partial charge in [-0.25, -0.2) is 0 Å². The van der Waals surface area contributed by atoms with Crippen LogP contribution in [0.4, 0.5) is 0 Å². The molecule has 0 atom stereocenters. The summed E-state index contributed by atoms with van der Waals surface area (Å²) in [5.74, 6) is 0.236. The molecule has 1 aliphatic rings. The van der Waals surface area contributed by atoms with Crippen molar-refractivity contribution in [1.82, 2.24) is 14.4 Å². The number of para-hydroxylation sites is 1. The van der Waals surface area contributed by atoms with Crippen molar-refractivity contribution in [1.29, 1.82) is 0 Å². The van der Waals surface area contributed by atoms with E-state index >= 15 is 0 Å². The molecule has 0 saturated carbocycles. The van der Waals surface area contributed by atoms with Gasteiger partial charge < -0.3 is 9.47 Å². The molecular formula is C27H29N3O. The lowest BCUT2D eigenvalue weighted by molar-refractivity contribution is -0.132. The van der Waals surface area contributed by atoms with Crippen LogP contribution in [0.5, 0.6) is 0 Å². The number of aryl methyl sites for hydroxylation is 1. The molecule has 0 N–H and O–H groups in total. The van der Waals surface area contributed by atoms with Crippen molar-refractivity contribution in [3.63, 3.8) is 0 Å². The van der Waals surface area contributed by atoms with E-state index in [9.17, 15) is 4.79 Å². The van der Waals surface area contributed by atoms with Gasteiger partial charge in [0.05, 0.1) is 6.42 Å². The van der Waals surface area contributed by atoms with E-state index in [1.54, 1.807) is 0 Å². The van der Waals surface area contributed by atoms with Crippen LogP contribution in [0.3, 0.4) is 0 Å². The van der Waals surface area contributed by atoms with Crippen LogP contribution in [-0.2, 0) is 24.3 Å². The van der Waals surface area contributed by atoms with Crippen molar-refractivity contribution in [2.75, 3.05) is 26.2 Å². The Morgan fingerprint density at radius 3 is 2.26 bits per heavy atom. The molecule has 1 aliphatic heterocycles. The van der Waals surface area contributed by atoms with Crippen molar-refractivity contribution in [3.05, 3.63) is 83.9 Å². The van der Waals surface area contributed by atoms with Crippen molar-refractivity contribution < 1.29 is 4.79 Å². The Balaban J connectivity index is 1.26. The molecule has 2 heterocycles. The van der Waals surface area contributed by atoms with Crippen molar-refractivity contribution in [3.8, 4) is 0 Å². The monoisotopic (exact) mass is 411 g/mol. The minimum Gasteiger partial charge on any atom is -0.341 e. The van der Waals surface area contributed by atoms with Gasteiger partial charge >= 0.3 is 0 Å². The van der Waals surface area contributed by atoms with E-state index in [1.165, 1.54) is 27.4 Å². The average Bonchev–Trinajstić information content (AvgIpc) is 3.13. The molecule has 4 aromatic rings. The highest BCUT2D eigenvalue weighted by Crippen LogP contribution is 2.30. The molecule has 0 radical (unpaired) electrons. The minimum absolute atomic E-state index is 0.236. The summed E-state index contributed by atoms with van der Waals surface area (Å²) in [6.45, 7) is 7.58. The second-order valence-corrected chi connectivity index (χ2v) is 8.43. The Morgan fingerprint density at radius 2 is 1.48 bits per heavy atom. The Bertz CT molecular complexity index is 1200. The summed E-state index contributed by atoms with van der Waals surface area (Å²) >= 11 is 0. The molecule has 0 unspecified atom stereocenters. The number of piperazine rings is 1. The zero-order valence-corrected chi connectivity index (χ0v) is 18.1. The van der Waals surface area contributed by atoms with Gasteiger partial charge in [0.2, 0.25) is 5.91 Å². The van der Waals surface area contributed by atoms with Gasteiger partial charge in [-0.15, -0.1) is 0 Å². The second-order valence-electron chi connectivity index (χ2n) is 8.43. The Labute approximate surface area is 183 Å². The van der Waals surface area contributed by atoms with E-state index in [1.807, 2.05) is 35.2 Å². The molecule has 3 aromatic carbocycles. The largest absolute Gasteiger partial charge is 0.341 e. The number of fused-ring (bicyclic) bond motifs is 3. The number of rotatable bonds is 5. The lowest BCUT2D eigenvalue weighted by Crippen LogP contribution is -2.48. The van der Waals surface area contributed by atoms with Gasteiger partial charge in [0.25, 0.3) is 0 Å². The first-order chi connectivity index (χ1) is 15.2. The smallest absolute Gasteiger partial charge is 0.227 e. The first-order valence-corrected chi connectivity index (χ1v) is 11.3. The maximum absolute atomic E-state index is 12.6. The van der Waals surface area contributed by atoms with Crippen LogP contribution in [0.25, 0.3) is 21.8 Å². The maximum Gasteiger partial charge on any atom is 0.227 e. The molecule has 1 saturated heterocycles. The Morgan fingerprint density at radius 1 is 0.774 bits per heavy atom. The van der Waals surface area contributed by atoms with Crippen molar-refractivity contribution in [2.45, 2.75) is 26.4 Å². The number of carbonyl (C=O) groups excluding carboxylic acids is 1. The van der Waals surface area contributed by atoms with Crippen molar-refractivity contribution >= 4 is 27.7 Å². The molecule has 1 aromatic heterocycles. The van der Waals surface area contributed by atoms with Crippen LogP contribution >= 0.6 is 0 Å². The zero-order valence-electron chi connectivity index (χ0n) is 18.1. The highest BCUT2D eigenvalue weighted by molar-refractivity contribution is 6.08. The lowest BCUT2D eigenvalue weighted by atomic mass is 10.1. The first-order valence-electron chi connectivity index (χ1n) is 11.3. The number of hydrogen-bond acceptors (Lipinski definition) is 2. The summed E-state index contributed by atoms with van der Waals surface area (Å²) in [7, 11) is 0. The predicted molar refractivity (Wildman–Crippen MR) is 127 cm³/mol. The SMILES string of the molecule is CCn1c2ccccc2c2cc(CN3CCN(C(=O)Cc4ccccc4)CC3)ccc21. The van der Waals surface area contributed by atoms with E-state index in [0.29, 0.717) is 6.42 Å². The van der Waals surface area contributed by atoms with Gasteiger partial charge in [-0.05, 0) is 36.2 Å². The molecule has 4 nitrogen and oxygen atoms in total. The van der Waals surface area contributed by atoms with Crippen LogP contribution in [0, 0.1) is 0 Å². The predicted octanol–water partition coefficient (Wildman–Crippen LogP) is 4.70. The maximum atomic E-state index is 12.6. The molecule has 31 heavy (non-hydrogen) atoms. The topological polar surface area (TPSA) is 28.5 Å². The van der Waals surface area contributed by atoms with Gasteiger partial charge in [0.15, 0.2) is 0 Å². The lowest BCUT2D eigenvalue weighted by Gasteiger charge is -2.35. The first kappa shape index (κ1) is 19.8. The molecular weight excluding hydrogens is 382 g/mol. The minimum atomic E-state index is 0.236. The fraction of sp³-hybridized carbons (Fsp3) is 0.296. The van der Waals surface area contributed by atoms with Crippen LogP contribution in [0.2, 0.25) is 0 Å². The summed E-state index contributed by atoms with van der Waals surface area (Å²) in [5.41, 5.74) is 5.05. The molecule has 1 amide bonds. The van der Waals surface area contributed by atoms with Crippen LogP contribution < -0.4 is 0 Å². The van der Waals surface area contributed by atoms with E-state index in [4.69, 9.17) is 0 Å². The van der Waals surface area contributed by atoms with Crippen LogP contribution in [0.15, 0.2) is 72.8 Å². The number of carbonyl (C=O) groups is 1. The number of hydrogen-bond donors (Lipinski definition) is 0. The molecule has 158 valence electrons. The van der Waals surface area contributed by atoms with E-state index in [-0.39, 0.29) is 5.91 Å². The number of nitrogens with zero attached hydrogens (tertiary/aromatic N) is 3. The summed E-state index contributed by atoms with van der Waals surface area (Å²) in [5, 5.41) is 2.67. The second kappa shape index (κ2) is 8.56. The van der Waals surface area contributed by atoms with Gasteiger partial charge in [-0.1, -0.05) is 54.6 Å². The standard InChI is InChI=1S/C27H29N3O/c1-2-30-25-11-7-6-10-23(25)24-18-22(12-13-26(24)30)20-28-14-16-29(17-15-28)27(31)19-21-8-4-3-5-9-21/h3-13,18H,2,14-17,19-20H2,1H3. The Hall–Kier alpha value is -3.11. The third-order valence-corrected chi connectivity index (χ3v) is 6.48.